The highest BCUT2D eigenvalue weighted by molar-refractivity contribution is 7.19. The summed E-state index contributed by atoms with van der Waals surface area (Å²) in [6, 6.07) is 13.2. The maximum Gasteiger partial charge on any atom is 0.270 e. The van der Waals surface area contributed by atoms with Crippen molar-refractivity contribution in [1.82, 2.24) is 19.9 Å². The lowest BCUT2D eigenvalue weighted by Crippen LogP contribution is -2.37. The predicted molar refractivity (Wildman–Crippen MR) is 123 cm³/mol. The second-order valence-electron chi connectivity index (χ2n) is 7.46. The zero-order valence-corrected chi connectivity index (χ0v) is 18.1. The molecule has 4 heterocycles. The number of likely N-dealkylation sites (tertiary alicyclic amines) is 1. The number of carbonyl (C=O) groups excluding carboxylic acids is 1. The molecule has 9 heteroatoms. The molecule has 0 spiro atoms. The highest BCUT2D eigenvalue weighted by atomic mass is 35.5. The van der Waals surface area contributed by atoms with Gasteiger partial charge in [0.25, 0.3) is 5.91 Å². The number of halogens is 1. The van der Waals surface area contributed by atoms with Crippen molar-refractivity contribution in [2.75, 3.05) is 18.5 Å². The van der Waals surface area contributed by atoms with Gasteiger partial charge in [-0.25, -0.2) is 9.97 Å². The van der Waals surface area contributed by atoms with Gasteiger partial charge in [0.2, 0.25) is 5.95 Å². The minimum atomic E-state index is -0.0983. The summed E-state index contributed by atoms with van der Waals surface area (Å²) in [5.74, 6) is 0.406. The number of rotatable bonds is 5. The monoisotopic (exact) mass is 453 g/mol. The van der Waals surface area contributed by atoms with Crippen molar-refractivity contribution in [2.45, 2.75) is 18.9 Å². The van der Waals surface area contributed by atoms with Crippen LogP contribution >= 0.6 is 22.9 Å². The van der Waals surface area contributed by atoms with Crippen molar-refractivity contribution in [1.29, 1.82) is 0 Å². The van der Waals surface area contributed by atoms with Crippen molar-refractivity contribution in [2.24, 2.45) is 0 Å². The number of hydrogen-bond donors (Lipinski definition) is 3. The van der Waals surface area contributed by atoms with Gasteiger partial charge < -0.3 is 20.3 Å². The standard InChI is InChI=1S/C22H20ClN5O2S/c23-20-6-5-19(31-20)17-7-8-24-22(27-17)25-14-3-4-16-13(10-14)11-18(26-16)21(30)28-9-1-2-15(28)12-29/h3-8,10-11,15,26,29H,1-2,9,12H2,(H,24,25,27)/t15-/m1/s1. The second-order valence-corrected chi connectivity index (χ2v) is 9.17. The molecule has 158 valence electrons. The van der Waals surface area contributed by atoms with Crippen LogP contribution in [0.2, 0.25) is 4.34 Å². The summed E-state index contributed by atoms with van der Waals surface area (Å²) in [6.45, 7) is 0.673. The molecular formula is C22H20ClN5O2S. The molecule has 1 aliphatic rings. The Morgan fingerprint density at radius 3 is 3.00 bits per heavy atom. The number of nitrogens with zero attached hydrogens (tertiary/aromatic N) is 3. The van der Waals surface area contributed by atoms with Gasteiger partial charge in [0, 0.05) is 29.3 Å². The number of aromatic amines is 1. The zero-order valence-electron chi connectivity index (χ0n) is 16.5. The van der Waals surface area contributed by atoms with Crippen molar-refractivity contribution >= 4 is 51.4 Å². The summed E-state index contributed by atoms with van der Waals surface area (Å²) in [6.07, 6.45) is 3.47. The first-order valence-corrected chi connectivity index (χ1v) is 11.2. The van der Waals surface area contributed by atoms with Crippen LogP contribution in [0, 0.1) is 0 Å². The molecule has 3 aromatic heterocycles. The van der Waals surface area contributed by atoms with Gasteiger partial charge in [0.05, 0.1) is 27.6 Å². The van der Waals surface area contributed by atoms with Gasteiger partial charge in [0.15, 0.2) is 0 Å². The minimum absolute atomic E-state index is 0.00320. The van der Waals surface area contributed by atoms with Crippen molar-refractivity contribution < 1.29 is 9.90 Å². The zero-order chi connectivity index (χ0) is 21.4. The van der Waals surface area contributed by atoms with Crippen LogP contribution in [0.1, 0.15) is 23.3 Å². The molecule has 1 aromatic carbocycles. The van der Waals surface area contributed by atoms with E-state index >= 15 is 0 Å². The van der Waals surface area contributed by atoms with E-state index in [2.05, 4.69) is 20.3 Å². The molecule has 31 heavy (non-hydrogen) atoms. The number of aliphatic hydroxyl groups excluding tert-OH is 1. The second kappa shape index (κ2) is 8.30. The molecule has 4 aromatic rings. The Bertz CT molecular complexity index is 1250. The number of aliphatic hydroxyl groups is 1. The first kappa shape index (κ1) is 20.0. The number of benzene rings is 1. The van der Waals surface area contributed by atoms with Crippen LogP contribution in [0.3, 0.4) is 0 Å². The number of hydrogen-bond acceptors (Lipinski definition) is 6. The first-order chi connectivity index (χ1) is 15.1. The topological polar surface area (TPSA) is 94.1 Å². The Morgan fingerprint density at radius 1 is 1.29 bits per heavy atom. The number of thiophene rings is 1. The average molecular weight is 454 g/mol. The fourth-order valence-corrected chi connectivity index (χ4v) is 4.92. The van der Waals surface area contributed by atoms with Crippen LogP contribution in [0.25, 0.3) is 21.5 Å². The Morgan fingerprint density at radius 2 is 2.19 bits per heavy atom. The summed E-state index contributed by atoms with van der Waals surface area (Å²) in [5.41, 5.74) is 3.02. The van der Waals surface area contributed by atoms with Crippen LogP contribution in [0.5, 0.6) is 0 Å². The van der Waals surface area contributed by atoms with Gasteiger partial charge in [-0.3, -0.25) is 4.79 Å². The summed E-state index contributed by atoms with van der Waals surface area (Å²) >= 11 is 7.50. The molecule has 3 N–H and O–H groups in total. The maximum atomic E-state index is 12.9. The summed E-state index contributed by atoms with van der Waals surface area (Å²) < 4.78 is 0.714. The summed E-state index contributed by atoms with van der Waals surface area (Å²) in [7, 11) is 0. The van der Waals surface area contributed by atoms with Crippen molar-refractivity contribution in [3.63, 3.8) is 0 Å². The minimum Gasteiger partial charge on any atom is -0.394 e. The van der Waals surface area contributed by atoms with Crippen LogP contribution in [-0.2, 0) is 0 Å². The third-order valence-corrected chi connectivity index (χ3v) is 6.69. The Kier molecular flexibility index (Phi) is 5.35. The first-order valence-electron chi connectivity index (χ1n) is 10.0. The van der Waals surface area contributed by atoms with Gasteiger partial charge in [-0.2, -0.15) is 0 Å². The van der Waals surface area contributed by atoms with Crippen molar-refractivity contribution in [3.8, 4) is 10.6 Å². The fraction of sp³-hybridized carbons (Fsp3) is 0.227. The van der Waals surface area contributed by atoms with E-state index in [4.69, 9.17) is 11.6 Å². The summed E-state index contributed by atoms with van der Waals surface area (Å²) in [4.78, 5) is 27.7. The van der Waals surface area contributed by atoms with Crippen LogP contribution in [0.15, 0.2) is 48.7 Å². The van der Waals surface area contributed by atoms with E-state index in [-0.39, 0.29) is 18.6 Å². The molecule has 1 amide bonds. The van der Waals surface area contributed by atoms with Gasteiger partial charge in [-0.1, -0.05) is 11.6 Å². The third-order valence-electron chi connectivity index (χ3n) is 5.44. The molecule has 0 aliphatic carbocycles. The van der Waals surface area contributed by atoms with E-state index in [0.717, 1.165) is 40.0 Å². The normalized spacial score (nSPS) is 16.2. The highest BCUT2D eigenvalue weighted by Gasteiger charge is 2.29. The maximum absolute atomic E-state index is 12.9. The molecule has 0 saturated carbocycles. The van der Waals surface area contributed by atoms with Gasteiger partial charge in [-0.05, 0) is 55.3 Å². The Balaban J connectivity index is 1.38. The largest absolute Gasteiger partial charge is 0.394 e. The van der Waals surface area contributed by atoms with E-state index in [9.17, 15) is 9.90 Å². The molecule has 0 bridgehead atoms. The quantitative estimate of drug-likeness (QED) is 0.408. The van der Waals surface area contributed by atoms with E-state index in [1.165, 1.54) is 11.3 Å². The molecule has 0 radical (unpaired) electrons. The predicted octanol–water partition coefficient (Wildman–Crippen LogP) is 4.68. The lowest BCUT2D eigenvalue weighted by Gasteiger charge is -2.22. The molecule has 0 unspecified atom stereocenters. The van der Waals surface area contributed by atoms with Crippen LogP contribution in [-0.4, -0.2) is 50.1 Å². The molecule has 5 rings (SSSR count). The number of anilines is 2. The van der Waals surface area contributed by atoms with Gasteiger partial charge >= 0.3 is 0 Å². The lowest BCUT2D eigenvalue weighted by molar-refractivity contribution is 0.0672. The van der Waals surface area contributed by atoms with Crippen LogP contribution < -0.4 is 5.32 Å². The number of fused-ring (bicyclic) bond motifs is 1. The molecule has 1 aliphatic heterocycles. The van der Waals surface area contributed by atoms with Crippen LogP contribution in [0.4, 0.5) is 11.6 Å². The number of aromatic nitrogens is 3. The molecule has 1 saturated heterocycles. The summed E-state index contributed by atoms with van der Waals surface area (Å²) in [5, 5.41) is 13.7. The SMILES string of the molecule is O=C(c1cc2cc(Nc3nccc(-c4ccc(Cl)s4)n3)ccc2[nH]1)N1CCC[C@@H]1CO. The van der Waals surface area contributed by atoms with E-state index in [0.29, 0.717) is 22.5 Å². The van der Waals surface area contributed by atoms with Gasteiger partial charge in [-0.15, -0.1) is 11.3 Å². The number of H-pyrrole nitrogens is 1. The number of amides is 1. The lowest BCUT2D eigenvalue weighted by atomic mass is 10.2. The molecule has 1 fully saturated rings. The Labute approximate surface area is 187 Å². The van der Waals surface area contributed by atoms with Gasteiger partial charge in [0.1, 0.15) is 5.69 Å². The fourth-order valence-electron chi connectivity index (χ4n) is 3.91. The molecule has 1 atom stereocenters. The van der Waals surface area contributed by atoms with Crippen molar-refractivity contribution in [3.05, 3.63) is 58.7 Å². The molecule has 7 nitrogen and oxygen atoms in total. The third kappa shape index (κ3) is 4.01. The number of carbonyl (C=O) groups is 1. The Hall–Kier alpha value is -2.94. The number of nitrogens with one attached hydrogen (secondary N) is 2. The smallest absolute Gasteiger partial charge is 0.270 e. The van der Waals surface area contributed by atoms with E-state index < -0.39 is 0 Å². The molecular weight excluding hydrogens is 434 g/mol. The van der Waals surface area contributed by atoms with E-state index in [1.807, 2.05) is 42.5 Å². The average Bonchev–Trinajstić information content (AvgIpc) is 3.52. The highest BCUT2D eigenvalue weighted by Crippen LogP contribution is 2.30. The van der Waals surface area contributed by atoms with E-state index in [1.54, 1.807) is 11.1 Å².